The molecule has 0 aromatic heterocycles. The zero-order valence-corrected chi connectivity index (χ0v) is 19.6. The van der Waals surface area contributed by atoms with Crippen LogP contribution < -0.4 is 29.0 Å². The minimum absolute atomic E-state index is 0.140. The molecule has 2 amide bonds. The number of fused-ring (bicyclic) bond motifs is 1. The first kappa shape index (κ1) is 22.7. The summed E-state index contributed by atoms with van der Waals surface area (Å²) in [6.45, 7) is -0.0761. The van der Waals surface area contributed by atoms with Crippen molar-refractivity contribution in [3.8, 4) is 28.7 Å². The van der Waals surface area contributed by atoms with Crippen LogP contribution in [0.4, 0.5) is 5.69 Å². The lowest BCUT2D eigenvalue weighted by Crippen LogP contribution is -2.36. The number of anilines is 1. The van der Waals surface area contributed by atoms with Gasteiger partial charge in [0.2, 0.25) is 18.4 Å². The van der Waals surface area contributed by atoms with Crippen LogP contribution in [0, 0.1) is 0 Å². The topological polar surface area (TPSA) is 95.6 Å². The van der Waals surface area contributed by atoms with Crippen LogP contribution in [0.25, 0.3) is 6.08 Å². The molecule has 2 aliphatic rings. The highest BCUT2D eigenvalue weighted by molar-refractivity contribution is 8.26. The lowest BCUT2D eigenvalue weighted by atomic mass is 10.1. The molecule has 0 aliphatic carbocycles. The second kappa shape index (κ2) is 9.59. The maximum Gasteiger partial charge on any atom is 0.266 e. The van der Waals surface area contributed by atoms with Crippen molar-refractivity contribution in [1.29, 1.82) is 0 Å². The van der Waals surface area contributed by atoms with Crippen molar-refractivity contribution in [1.82, 2.24) is 4.90 Å². The standard InChI is InChI=1S/C22H20N2O7S2/c1-27-16-6-12(7-17(28-2)20(16)29-3)8-18-21(26)24(22(32)33-18)10-19(25)23-13-4-5-14-15(9-13)31-11-30-14/h4-9H,10-11H2,1-3H3,(H,23,25)/b18-8+. The van der Waals surface area contributed by atoms with Gasteiger partial charge < -0.3 is 29.0 Å². The zero-order valence-electron chi connectivity index (χ0n) is 18.0. The SMILES string of the molecule is COc1cc(/C=C2/SC(=S)N(CC(=O)Nc3ccc4c(c3)OCO4)C2=O)cc(OC)c1OC. The zero-order chi connectivity index (χ0) is 23.5. The summed E-state index contributed by atoms with van der Waals surface area (Å²) in [5.41, 5.74) is 1.19. The fourth-order valence-electron chi connectivity index (χ4n) is 3.29. The number of thioether (sulfide) groups is 1. The molecule has 0 radical (unpaired) electrons. The van der Waals surface area contributed by atoms with Crippen LogP contribution in [0.1, 0.15) is 5.56 Å². The molecule has 0 spiro atoms. The molecule has 2 heterocycles. The number of thiocarbonyl (C=S) groups is 1. The number of ether oxygens (including phenoxy) is 5. The van der Waals surface area contributed by atoms with E-state index >= 15 is 0 Å². The van der Waals surface area contributed by atoms with Gasteiger partial charge in [0.1, 0.15) is 10.9 Å². The van der Waals surface area contributed by atoms with Crippen molar-refractivity contribution in [2.45, 2.75) is 0 Å². The Balaban J connectivity index is 1.48. The number of hydrogen-bond donors (Lipinski definition) is 1. The van der Waals surface area contributed by atoms with Crippen molar-refractivity contribution in [2.24, 2.45) is 0 Å². The van der Waals surface area contributed by atoms with Crippen molar-refractivity contribution in [3.05, 3.63) is 40.8 Å². The second-order valence-corrected chi connectivity index (χ2v) is 8.52. The highest BCUT2D eigenvalue weighted by atomic mass is 32.2. The van der Waals surface area contributed by atoms with E-state index in [1.807, 2.05) is 0 Å². The number of carbonyl (C=O) groups excluding carboxylic acids is 2. The number of hydrogen-bond acceptors (Lipinski definition) is 9. The first-order chi connectivity index (χ1) is 15.9. The van der Waals surface area contributed by atoms with Gasteiger partial charge in [-0.3, -0.25) is 14.5 Å². The Labute approximate surface area is 199 Å². The van der Waals surface area contributed by atoms with Crippen LogP contribution in [-0.2, 0) is 9.59 Å². The fraction of sp³-hybridized carbons (Fsp3) is 0.227. The van der Waals surface area contributed by atoms with Crippen LogP contribution in [0.2, 0.25) is 0 Å². The third-order valence-corrected chi connectivity index (χ3v) is 6.19. The summed E-state index contributed by atoms with van der Waals surface area (Å²) in [6.07, 6.45) is 1.67. The molecule has 2 aromatic rings. The van der Waals surface area contributed by atoms with E-state index in [2.05, 4.69) is 5.32 Å². The summed E-state index contributed by atoms with van der Waals surface area (Å²) in [5.74, 6) is 1.78. The van der Waals surface area contributed by atoms with Gasteiger partial charge in [-0.25, -0.2) is 0 Å². The Bertz CT molecular complexity index is 1140. The molecule has 0 bridgehead atoms. The summed E-state index contributed by atoms with van der Waals surface area (Å²) in [6, 6.07) is 8.51. The third-order valence-electron chi connectivity index (χ3n) is 4.82. The van der Waals surface area contributed by atoms with Crippen LogP contribution in [0.5, 0.6) is 28.7 Å². The Hall–Kier alpha value is -3.44. The Morgan fingerprint density at radius 1 is 1.12 bits per heavy atom. The Morgan fingerprint density at radius 2 is 1.82 bits per heavy atom. The molecule has 1 saturated heterocycles. The molecule has 0 saturated carbocycles. The largest absolute Gasteiger partial charge is 0.493 e. The minimum atomic E-state index is -0.390. The van der Waals surface area contributed by atoms with E-state index in [1.165, 1.54) is 26.2 Å². The van der Waals surface area contributed by atoms with E-state index in [4.69, 9.17) is 35.9 Å². The average molecular weight is 489 g/mol. The first-order valence-electron chi connectivity index (χ1n) is 9.68. The van der Waals surface area contributed by atoms with Gasteiger partial charge in [0.25, 0.3) is 5.91 Å². The number of carbonyl (C=O) groups is 2. The highest BCUT2D eigenvalue weighted by Gasteiger charge is 2.33. The Kier molecular flexibility index (Phi) is 6.61. The summed E-state index contributed by atoms with van der Waals surface area (Å²) in [7, 11) is 4.54. The quantitative estimate of drug-likeness (QED) is 0.465. The van der Waals surface area contributed by atoms with E-state index in [1.54, 1.807) is 36.4 Å². The maximum atomic E-state index is 12.9. The van der Waals surface area contributed by atoms with E-state index < -0.39 is 0 Å². The molecule has 2 aliphatic heterocycles. The number of benzene rings is 2. The van der Waals surface area contributed by atoms with Gasteiger partial charge in [-0.15, -0.1) is 0 Å². The molecular weight excluding hydrogens is 468 g/mol. The second-order valence-electron chi connectivity index (χ2n) is 6.84. The van der Waals surface area contributed by atoms with Crippen LogP contribution >= 0.6 is 24.0 Å². The van der Waals surface area contributed by atoms with Gasteiger partial charge in [-0.1, -0.05) is 24.0 Å². The maximum absolute atomic E-state index is 12.9. The summed E-state index contributed by atoms with van der Waals surface area (Å²) in [5, 5.41) is 2.74. The van der Waals surface area contributed by atoms with Crippen LogP contribution in [0.15, 0.2) is 35.2 Å². The third kappa shape index (κ3) is 4.69. The molecule has 0 unspecified atom stereocenters. The molecule has 172 valence electrons. The number of nitrogens with one attached hydrogen (secondary N) is 1. The van der Waals surface area contributed by atoms with Gasteiger partial charge in [0, 0.05) is 11.8 Å². The molecule has 11 heteroatoms. The van der Waals surface area contributed by atoms with Crippen molar-refractivity contribution < 1.29 is 33.3 Å². The normalized spacial score (nSPS) is 15.7. The van der Waals surface area contributed by atoms with E-state index in [0.29, 0.717) is 49.2 Å². The van der Waals surface area contributed by atoms with E-state index in [0.717, 1.165) is 11.8 Å². The number of methoxy groups -OCH3 is 3. The average Bonchev–Trinajstić information content (AvgIpc) is 3.37. The number of amides is 2. The van der Waals surface area contributed by atoms with Crippen molar-refractivity contribution >= 4 is 51.9 Å². The predicted molar refractivity (Wildman–Crippen MR) is 127 cm³/mol. The molecule has 33 heavy (non-hydrogen) atoms. The van der Waals surface area contributed by atoms with Crippen LogP contribution in [-0.4, -0.2) is 55.7 Å². The minimum Gasteiger partial charge on any atom is -0.493 e. The van der Waals surface area contributed by atoms with Gasteiger partial charge in [-0.2, -0.15) is 0 Å². The summed E-state index contributed by atoms with van der Waals surface area (Å²) < 4.78 is 26.9. The van der Waals surface area contributed by atoms with Crippen LogP contribution in [0.3, 0.4) is 0 Å². The molecule has 0 atom stereocenters. The Morgan fingerprint density at radius 3 is 2.48 bits per heavy atom. The van der Waals surface area contributed by atoms with Gasteiger partial charge in [0.05, 0.1) is 26.2 Å². The molecule has 4 rings (SSSR count). The predicted octanol–water partition coefficient (Wildman–Crippen LogP) is 3.28. The first-order valence-corrected chi connectivity index (χ1v) is 10.9. The summed E-state index contributed by atoms with van der Waals surface area (Å²) in [4.78, 5) is 27.1. The lowest BCUT2D eigenvalue weighted by molar-refractivity contribution is -0.126. The summed E-state index contributed by atoms with van der Waals surface area (Å²) >= 11 is 6.45. The molecule has 1 N–H and O–H groups in total. The van der Waals surface area contributed by atoms with E-state index in [9.17, 15) is 9.59 Å². The number of nitrogens with zero attached hydrogens (tertiary/aromatic N) is 1. The molecule has 9 nitrogen and oxygen atoms in total. The van der Waals surface area contributed by atoms with Gasteiger partial charge in [0.15, 0.2) is 23.0 Å². The monoisotopic (exact) mass is 488 g/mol. The lowest BCUT2D eigenvalue weighted by Gasteiger charge is -2.14. The molecule has 1 fully saturated rings. The smallest absolute Gasteiger partial charge is 0.266 e. The van der Waals surface area contributed by atoms with Crippen molar-refractivity contribution in [2.75, 3.05) is 40.0 Å². The molecular formula is C22H20N2O7S2. The molecule has 2 aromatic carbocycles. The highest BCUT2D eigenvalue weighted by Crippen LogP contribution is 2.40. The van der Waals surface area contributed by atoms with Gasteiger partial charge >= 0.3 is 0 Å². The fourth-order valence-corrected chi connectivity index (χ4v) is 4.55. The number of rotatable bonds is 7. The van der Waals surface area contributed by atoms with E-state index in [-0.39, 0.29) is 25.2 Å². The van der Waals surface area contributed by atoms with Gasteiger partial charge in [-0.05, 0) is 35.9 Å². The van der Waals surface area contributed by atoms with Crippen molar-refractivity contribution in [3.63, 3.8) is 0 Å².